The standard InChI is InChI=1S/C14H17FN2O/c15-12-5-7-13(8-6-12)17-14(18)16-10-9-11-3-1-2-4-11/h5-11H,1-4H2,(H2,16,17,18)/b10-9+. The number of benzene rings is 1. The number of halogens is 1. The zero-order valence-corrected chi connectivity index (χ0v) is 10.2. The van der Waals surface area contributed by atoms with Gasteiger partial charge in [-0.3, -0.25) is 0 Å². The molecule has 18 heavy (non-hydrogen) atoms. The molecule has 0 heterocycles. The number of hydrogen-bond donors (Lipinski definition) is 2. The van der Waals surface area contributed by atoms with E-state index in [1.807, 2.05) is 6.08 Å². The second-order valence-corrected chi connectivity index (χ2v) is 4.51. The third kappa shape index (κ3) is 3.87. The smallest absolute Gasteiger partial charge is 0.315 e. The van der Waals surface area contributed by atoms with Gasteiger partial charge in [-0.1, -0.05) is 18.9 Å². The van der Waals surface area contributed by atoms with Crippen LogP contribution in [0.1, 0.15) is 25.7 Å². The highest BCUT2D eigenvalue weighted by molar-refractivity contribution is 5.89. The minimum atomic E-state index is -0.318. The molecule has 1 aliphatic carbocycles. The molecule has 2 rings (SSSR count). The maximum absolute atomic E-state index is 12.7. The summed E-state index contributed by atoms with van der Waals surface area (Å²) in [5.41, 5.74) is 0.572. The molecule has 0 atom stereocenters. The van der Waals surface area contributed by atoms with E-state index in [0.717, 1.165) is 0 Å². The summed E-state index contributed by atoms with van der Waals surface area (Å²) in [7, 11) is 0. The molecule has 1 saturated carbocycles. The summed E-state index contributed by atoms with van der Waals surface area (Å²) < 4.78 is 12.7. The molecule has 0 saturated heterocycles. The van der Waals surface area contributed by atoms with Gasteiger partial charge in [-0.15, -0.1) is 0 Å². The van der Waals surface area contributed by atoms with Gasteiger partial charge >= 0.3 is 6.03 Å². The van der Waals surface area contributed by atoms with Crippen molar-refractivity contribution >= 4 is 11.7 Å². The summed E-state index contributed by atoms with van der Waals surface area (Å²) in [5.74, 6) is 0.276. The SMILES string of the molecule is O=C(N/C=C/C1CCCC1)Nc1ccc(F)cc1. The van der Waals surface area contributed by atoms with E-state index in [2.05, 4.69) is 10.6 Å². The predicted octanol–water partition coefficient (Wildman–Crippen LogP) is 3.65. The van der Waals surface area contributed by atoms with E-state index in [9.17, 15) is 9.18 Å². The minimum Gasteiger partial charge on any atom is -0.315 e. The lowest BCUT2D eigenvalue weighted by atomic mass is 10.1. The number of nitrogens with one attached hydrogen (secondary N) is 2. The molecule has 0 aromatic heterocycles. The van der Waals surface area contributed by atoms with Gasteiger partial charge in [0.1, 0.15) is 5.82 Å². The third-order valence-corrected chi connectivity index (χ3v) is 3.08. The van der Waals surface area contributed by atoms with Crippen LogP contribution >= 0.6 is 0 Å². The van der Waals surface area contributed by atoms with Gasteiger partial charge in [0.2, 0.25) is 0 Å². The molecule has 1 aromatic rings. The van der Waals surface area contributed by atoms with Crippen molar-refractivity contribution in [2.75, 3.05) is 5.32 Å². The molecule has 1 aliphatic rings. The summed E-state index contributed by atoms with van der Waals surface area (Å²) in [6, 6.07) is 5.36. The predicted molar refractivity (Wildman–Crippen MR) is 69.7 cm³/mol. The molecule has 0 bridgehead atoms. The topological polar surface area (TPSA) is 41.1 Å². The first-order valence-corrected chi connectivity index (χ1v) is 6.24. The number of hydrogen-bond acceptors (Lipinski definition) is 1. The number of anilines is 1. The van der Waals surface area contributed by atoms with Crippen LogP contribution in [0.15, 0.2) is 36.5 Å². The van der Waals surface area contributed by atoms with Gasteiger partial charge in [-0.05, 0) is 43.0 Å². The Morgan fingerprint density at radius 2 is 1.89 bits per heavy atom. The van der Waals surface area contributed by atoms with Crippen molar-refractivity contribution in [2.24, 2.45) is 5.92 Å². The highest BCUT2D eigenvalue weighted by Crippen LogP contribution is 2.25. The number of carbonyl (C=O) groups is 1. The first-order valence-electron chi connectivity index (χ1n) is 6.24. The van der Waals surface area contributed by atoms with Crippen molar-refractivity contribution in [3.63, 3.8) is 0 Å². The van der Waals surface area contributed by atoms with E-state index in [4.69, 9.17) is 0 Å². The Bertz CT molecular complexity index is 422. The summed E-state index contributed by atoms with van der Waals surface area (Å²) in [5, 5.41) is 5.27. The second-order valence-electron chi connectivity index (χ2n) is 4.51. The van der Waals surface area contributed by atoms with Crippen molar-refractivity contribution in [2.45, 2.75) is 25.7 Å². The van der Waals surface area contributed by atoms with Crippen LogP contribution in [0.5, 0.6) is 0 Å². The lowest BCUT2D eigenvalue weighted by molar-refractivity contribution is 0.255. The molecule has 0 radical (unpaired) electrons. The number of allylic oxidation sites excluding steroid dienone is 1. The molecule has 0 unspecified atom stereocenters. The first-order chi connectivity index (χ1) is 8.74. The van der Waals surface area contributed by atoms with Gasteiger partial charge in [0.25, 0.3) is 0 Å². The van der Waals surface area contributed by atoms with E-state index in [1.54, 1.807) is 6.20 Å². The van der Waals surface area contributed by atoms with E-state index in [1.165, 1.54) is 49.9 Å². The van der Waals surface area contributed by atoms with Crippen molar-refractivity contribution in [1.82, 2.24) is 5.32 Å². The van der Waals surface area contributed by atoms with Crippen molar-refractivity contribution in [3.8, 4) is 0 Å². The molecule has 2 amide bonds. The molecule has 0 aliphatic heterocycles. The minimum absolute atomic E-state index is 0.309. The highest BCUT2D eigenvalue weighted by Gasteiger charge is 2.11. The Hall–Kier alpha value is -1.84. The van der Waals surface area contributed by atoms with E-state index in [0.29, 0.717) is 11.6 Å². The Labute approximate surface area is 106 Å². The number of urea groups is 1. The molecule has 1 aromatic carbocycles. The van der Waals surface area contributed by atoms with E-state index >= 15 is 0 Å². The third-order valence-electron chi connectivity index (χ3n) is 3.08. The van der Waals surface area contributed by atoms with Crippen LogP contribution < -0.4 is 10.6 Å². The van der Waals surface area contributed by atoms with Gasteiger partial charge in [0, 0.05) is 11.9 Å². The number of amides is 2. The van der Waals surface area contributed by atoms with Crippen molar-refractivity contribution in [1.29, 1.82) is 0 Å². The lowest BCUT2D eigenvalue weighted by Crippen LogP contribution is -2.23. The average molecular weight is 248 g/mol. The Morgan fingerprint density at radius 1 is 1.22 bits per heavy atom. The quantitative estimate of drug-likeness (QED) is 0.842. The van der Waals surface area contributed by atoms with Crippen molar-refractivity contribution < 1.29 is 9.18 Å². The summed E-state index contributed by atoms with van der Waals surface area (Å²) >= 11 is 0. The molecule has 2 N–H and O–H groups in total. The summed E-state index contributed by atoms with van der Waals surface area (Å²) in [6.45, 7) is 0. The zero-order valence-electron chi connectivity index (χ0n) is 10.2. The normalized spacial score (nSPS) is 16.1. The molecule has 0 spiro atoms. The summed E-state index contributed by atoms with van der Waals surface area (Å²) in [4.78, 5) is 11.5. The fourth-order valence-electron chi connectivity index (χ4n) is 2.11. The van der Waals surface area contributed by atoms with Crippen LogP contribution in [0.25, 0.3) is 0 Å². The Kier molecular flexibility index (Phi) is 4.34. The Morgan fingerprint density at radius 3 is 2.56 bits per heavy atom. The number of rotatable bonds is 3. The van der Waals surface area contributed by atoms with Crippen LogP contribution in [0, 0.1) is 11.7 Å². The van der Waals surface area contributed by atoms with Crippen molar-refractivity contribution in [3.05, 3.63) is 42.4 Å². The zero-order chi connectivity index (χ0) is 12.8. The average Bonchev–Trinajstić information content (AvgIpc) is 2.85. The summed E-state index contributed by atoms with van der Waals surface area (Å²) in [6.07, 6.45) is 8.69. The van der Waals surface area contributed by atoms with Gasteiger partial charge in [-0.2, -0.15) is 0 Å². The van der Waals surface area contributed by atoms with Crippen LogP contribution in [0.4, 0.5) is 14.9 Å². The van der Waals surface area contributed by atoms with Crippen LogP contribution in [-0.4, -0.2) is 6.03 Å². The fourth-order valence-corrected chi connectivity index (χ4v) is 2.11. The van der Waals surface area contributed by atoms with Crippen LogP contribution in [-0.2, 0) is 0 Å². The molecular formula is C14H17FN2O. The number of carbonyl (C=O) groups excluding carboxylic acids is 1. The highest BCUT2D eigenvalue weighted by atomic mass is 19.1. The van der Waals surface area contributed by atoms with E-state index in [-0.39, 0.29) is 11.8 Å². The second kappa shape index (κ2) is 6.19. The lowest BCUT2D eigenvalue weighted by Gasteiger charge is -2.05. The van der Waals surface area contributed by atoms with E-state index < -0.39 is 0 Å². The fraction of sp³-hybridized carbons (Fsp3) is 0.357. The first kappa shape index (κ1) is 12.6. The maximum Gasteiger partial charge on any atom is 0.323 e. The maximum atomic E-state index is 12.7. The molecule has 96 valence electrons. The largest absolute Gasteiger partial charge is 0.323 e. The monoisotopic (exact) mass is 248 g/mol. The molecule has 3 nitrogen and oxygen atoms in total. The molecule has 1 fully saturated rings. The molecule has 4 heteroatoms. The van der Waals surface area contributed by atoms with Gasteiger partial charge in [0.15, 0.2) is 0 Å². The van der Waals surface area contributed by atoms with Gasteiger partial charge < -0.3 is 10.6 Å². The Balaban J connectivity index is 1.76. The van der Waals surface area contributed by atoms with Crippen LogP contribution in [0.2, 0.25) is 0 Å². The van der Waals surface area contributed by atoms with Gasteiger partial charge in [-0.25, -0.2) is 9.18 Å². The molecular weight excluding hydrogens is 231 g/mol. The van der Waals surface area contributed by atoms with Crippen LogP contribution in [0.3, 0.4) is 0 Å². The van der Waals surface area contributed by atoms with Gasteiger partial charge in [0.05, 0.1) is 0 Å².